The van der Waals surface area contributed by atoms with Crippen LogP contribution in [0.3, 0.4) is 0 Å². The average Bonchev–Trinajstić information content (AvgIpc) is 2.70. The standard InChI is InChI=1S/C11H12F3NO3S/c1-3-18-10(17)8-9(6(2)16)19-7(15-8)4-5-11(12,13)14/h3-5H2,1-2H3. The maximum absolute atomic E-state index is 12.1. The van der Waals surface area contributed by atoms with Gasteiger partial charge in [-0.15, -0.1) is 11.3 Å². The van der Waals surface area contributed by atoms with Crippen LogP contribution in [-0.2, 0) is 11.2 Å². The first-order chi connectivity index (χ1) is 8.74. The number of hydrogen-bond donors (Lipinski definition) is 0. The van der Waals surface area contributed by atoms with Gasteiger partial charge in [0.1, 0.15) is 4.88 Å². The van der Waals surface area contributed by atoms with Gasteiger partial charge in [-0.05, 0) is 6.92 Å². The Labute approximate surface area is 111 Å². The number of ether oxygens (including phenoxy) is 1. The Morgan fingerprint density at radius 2 is 2.00 bits per heavy atom. The zero-order valence-electron chi connectivity index (χ0n) is 10.3. The Balaban J connectivity index is 2.94. The van der Waals surface area contributed by atoms with Crippen LogP contribution in [0.15, 0.2) is 0 Å². The molecule has 0 aliphatic rings. The van der Waals surface area contributed by atoms with Crippen LogP contribution in [0.1, 0.15) is 45.4 Å². The molecule has 4 nitrogen and oxygen atoms in total. The van der Waals surface area contributed by atoms with Gasteiger partial charge in [-0.1, -0.05) is 0 Å². The normalized spacial score (nSPS) is 11.4. The van der Waals surface area contributed by atoms with Crippen LogP contribution < -0.4 is 0 Å². The Bertz CT molecular complexity index is 482. The lowest BCUT2D eigenvalue weighted by molar-refractivity contribution is -0.134. The smallest absolute Gasteiger partial charge is 0.389 e. The van der Waals surface area contributed by atoms with Crippen LogP contribution in [-0.4, -0.2) is 29.5 Å². The van der Waals surface area contributed by atoms with Crippen LogP contribution >= 0.6 is 11.3 Å². The number of aromatic nitrogens is 1. The highest BCUT2D eigenvalue weighted by molar-refractivity contribution is 7.14. The van der Waals surface area contributed by atoms with E-state index in [2.05, 4.69) is 4.98 Å². The van der Waals surface area contributed by atoms with E-state index in [-0.39, 0.29) is 28.6 Å². The molecule has 0 bridgehead atoms. The van der Waals surface area contributed by atoms with Crippen LogP contribution in [0.25, 0.3) is 0 Å². The molecular weight excluding hydrogens is 283 g/mol. The number of esters is 1. The fourth-order valence-electron chi connectivity index (χ4n) is 1.30. The lowest BCUT2D eigenvalue weighted by Crippen LogP contribution is -2.10. The Hall–Kier alpha value is -1.44. The van der Waals surface area contributed by atoms with E-state index < -0.39 is 24.3 Å². The van der Waals surface area contributed by atoms with E-state index >= 15 is 0 Å². The summed E-state index contributed by atoms with van der Waals surface area (Å²) in [5.74, 6) is -1.21. The molecule has 19 heavy (non-hydrogen) atoms. The second kappa shape index (κ2) is 6.14. The summed E-state index contributed by atoms with van der Waals surface area (Å²) in [4.78, 5) is 26.7. The molecule has 1 heterocycles. The number of hydrogen-bond acceptors (Lipinski definition) is 5. The molecule has 0 atom stereocenters. The van der Waals surface area contributed by atoms with Gasteiger partial charge < -0.3 is 4.74 Å². The number of carbonyl (C=O) groups is 2. The molecule has 1 aromatic rings. The molecule has 0 aliphatic carbocycles. The molecule has 0 aromatic carbocycles. The Morgan fingerprint density at radius 3 is 2.47 bits per heavy atom. The van der Waals surface area contributed by atoms with Gasteiger partial charge in [-0.2, -0.15) is 13.2 Å². The van der Waals surface area contributed by atoms with E-state index in [0.29, 0.717) is 0 Å². The van der Waals surface area contributed by atoms with Crippen molar-refractivity contribution >= 4 is 23.1 Å². The maximum Gasteiger partial charge on any atom is 0.389 e. The highest BCUT2D eigenvalue weighted by Crippen LogP contribution is 2.26. The van der Waals surface area contributed by atoms with Crippen LogP contribution in [0.2, 0.25) is 0 Å². The lowest BCUT2D eigenvalue weighted by atomic mass is 10.3. The van der Waals surface area contributed by atoms with E-state index in [1.165, 1.54) is 6.92 Å². The topological polar surface area (TPSA) is 56.3 Å². The summed E-state index contributed by atoms with van der Waals surface area (Å²) < 4.78 is 41.0. The molecule has 0 amide bonds. The SMILES string of the molecule is CCOC(=O)c1nc(CCC(F)(F)F)sc1C(C)=O. The number of ketones is 1. The molecule has 106 valence electrons. The van der Waals surface area contributed by atoms with Gasteiger partial charge in [-0.25, -0.2) is 9.78 Å². The molecule has 0 saturated heterocycles. The van der Waals surface area contributed by atoms with E-state index in [0.717, 1.165) is 11.3 Å². The van der Waals surface area contributed by atoms with Crippen LogP contribution in [0.5, 0.6) is 0 Å². The van der Waals surface area contributed by atoms with E-state index in [1.54, 1.807) is 6.92 Å². The highest BCUT2D eigenvalue weighted by Gasteiger charge is 2.29. The molecular formula is C11H12F3NO3S. The Morgan fingerprint density at radius 1 is 1.37 bits per heavy atom. The number of halogens is 3. The zero-order valence-corrected chi connectivity index (χ0v) is 11.2. The minimum Gasteiger partial charge on any atom is -0.461 e. The van der Waals surface area contributed by atoms with Crippen molar-refractivity contribution in [2.75, 3.05) is 6.61 Å². The molecule has 8 heteroatoms. The first kappa shape index (κ1) is 15.6. The van der Waals surface area contributed by atoms with Crippen molar-refractivity contribution in [3.63, 3.8) is 0 Å². The minimum absolute atomic E-state index is 0.0376. The van der Waals surface area contributed by atoms with Crippen molar-refractivity contribution in [3.05, 3.63) is 15.6 Å². The number of rotatable bonds is 5. The summed E-state index contributed by atoms with van der Waals surface area (Å²) in [6.45, 7) is 2.91. The predicted octanol–water partition coefficient (Wildman–Crippen LogP) is 3.02. The van der Waals surface area contributed by atoms with Crippen molar-refractivity contribution in [2.24, 2.45) is 0 Å². The predicted molar refractivity (Wildman–Crippen MR) is 62.5 cm³/mol. The average molecular weight is 295 g/mol. The van der Waals surface area contributed by atoms with Crippen LogP contribution in [0, 0.1) is 0 Å². The van der Waals surface area contributed by atoms with Gasteiger partial charge in [-0.3, -0.25) is 4.79 Å². The number of alkyl halides is 3. The molecule has 0 N–H and O–H groups in total. The summed E-state index contributed by atoms with van der Waals surface area (Å²) in [7, 11) is 0. The van der Waals surface area contributed by atoms with Crippen molar-refractivity contribution in [1.82, 2.24) is 4.98 Å². The van der Waals surface area contributed by atoms with E-state index in [9.17, 15) is 22.8 Å². The number of thiazole rings is 1. The third kappa shape index (κ3) is 4.62. The van der Waals surface area contributed by atoms with Gasteiger partial charge in [0, 0.05) is 19.8 Å². The van der Waals surface area contributed by atoms with E-state index in [4.69, 9.17) is 4.74 Å². The fraction of sp³-hybridized carbons (Fsp3) is 0.545. The lowest BCUT2D eigenvalue weighted by Gasteiger charge is -2.02. The van der Waals surface area contributed by atoms with Gasteiger partial charge in [0.25, 0.3) is 0 Å². The van der Waals surface area contributed by atoms with Gasteiger partial charge in [0.15, 0.2) is 11.5 Å². The van der Waals surface area contributed by atoms with Crippen molar-refractivity contribution in [2.45, 2.75) is 32.9 Å². The molecule has 0 fully saturated rings. The second-order valence-electron chi connectivity index (χ2n) is 3.68. The first-order valence-corrected chi connectivity index (χ1v) is 6.30. The van der Waals surface area contributed by atoms with E-state index in [1.807, 2.05) is 0 Å². The van der Waals surface area contributed by atoms with Crippen LogP contribution in [0.4, 0.5) is 13.2 Å². The summed E-state index contributed by atoms with van der Waals surface area (Å²) in [5.41, 5.74) is -0.198. The zero-order chi connectivity index (χ0) is 14.6. The van der Waals surface area contributed by atoms with Crippen molar-refractivity contribution in [3.8, 4) is 0 Å². The summed E-state index contributed by atoms with van der Waals surface area (Å²) in [6, 6.07) is 0. The highest BCUT2D eigenvalue weighted by atomic mass is 32.1. The largest absolute Gasteiger partial charge is 0.461 e. The minimum atomic E-state index is -4.30. The third-order valence-electron chi connectivity index (χ3n) is 2.08. The molecule has 0 unspecified atom stereocenters. The molecule has 0 spiro atoms. The quantitative estimate of drug-likeness (QED) is 0.619. The number of nitrogens with zero attached hydrogens (tertiary/aromatic N) is 1. The molecule has 0 radical (unpaired) electrons. The number of carbonyl (C=O) groups excluding carboxylic acids is 2. The molecule has 1 aromatic heterocycles. The summed E-state index contributed by atoms with van der Waals surface area (Å²) in [6.07, 6.45) is -5.69. The van der Waals surface area contributed by atoms with Gasteiger partial charge >= 0.3 is 12.1 Å². The summed E-state index contributed by atoms with van der Waals surface area (Å²) in [5, 5.41) is 0.102. The monoisotopic (exact) mass is 295 g/mol. The first-order valence-electron chi connectivity index (χ1n) is 5.49. The molecule has 1 rings (SSSR count). The van der Waals surface area contributed by atoms with Gasteiger partial charge in [0.05, 0.1) is 11.6 Å². The van der Waals surface area contributed by atoms with Gasteiger partial charge in [0.2, 0.25) is 0 Å². The summed E-state index contributed by atoms with van der Waals surface area (Å²) >= 11 is 0.801. The fourth-order valence-corrected chi connectivity index (χ4v) is 2.24. The molecule has 0 aliphatic heterocycles. The Kier molecular flexibility index (Phi) is 5.04. The second-order valence-corrected chi connectivity index (χ2v) is 4.76. The third-order valence-corrected chi connectivity index (χ3v) is 3.30. The number of Topliss-reactive ketones (excluding diaryl/α,β-unsaturated/α-hetero) is 1. The maximum atomic E-state index is 12.1. The van der Waals surface area contributed by atoms with Crippen molar-refractivity contribution in [1.29, 1.82) is 0 Å². The van der Waals surface area contributed by atoms with Crippen molar-refractivity contribution < 1.29 is 27.5 Å². The molecule has 0 saturated carbocycles. The number of aryl methyl sites for hydroxylation is 1.